The van der Waals surface area contributed by atoms with Crippen LogP contribution in [0.15, 0.2) is 72.3 Å². The lowest BCUT2D eigenvalue weighted by molar-refractivity contribution is -0.132. The first kappa shape index (κ1) is 22.9. The van der Waals surface area contributed by atoms with Crippen molar-refractivity contribution < 1.29 is 28.9 Å². The Hall–Kier alpha value is -4.26. The fourth-order valence-electron chi connectivity index (χ4n) is 4.17. The fourth-order valence-corrected chi connectivity index (χ4v) is 4.17. The SMILES string of the molecule is COc1ccc(N2C(=O)C(=O)/C(=C(/O)c3cc(OC)ccc3OC)C2c2ccccc2C)cc1. The summed E-state index contributed by atoms with van der Waals surface area (Å²) in [6.07, 6.45) is 0. The third-order valence-corrected chi connectivity index (χ3v) is 5.94. The van der Waals surface area contributed by atoms with E-state index in [2.05, 4.69) is 0 Å². The molecular formula is C27H25NO6. The van der Waals surface area contributed by atoms with Crippen LogP contribution in [0.3, 0.4) is 0 Å². The van der Waals surface area contributed by atoms with Gasteiger partial charge in [0.2, 0.25) is 0 Å². The summed E-state index contributed by atoms with van der Waals surface area (Å²) >= 11 is 0. The molecule has 34 heavy (non-hydrogen) atoms. The van der Waals surface area contributed by atoms with Crippen molar-refractivity contribution in [2.75, 3.05) is 26.2 Å². The quantitative estimate of drug-likeness (QED) is 0.328. The zero-order chi connectivity index (χ0) is 24.4. The number of amides is 1. The molecule has 1 aliphatic rings. The average Bonchev–Trinajstić information content (AvgIpc) is 3.13. The van der Waals surface area contributed by atoms with Crippen molar-refractivity contribution in [3.8, 4) is 17.2 Å². The number of methoxy groups -OCH3 is 3. The van der Waals surface area contributed by atoms with Crippen molar-refractivity contribution in [2.24, 2.45) is 0 Å². The van der Waals surface area contributed by atoms with E-state index in [1.165, 1.54) is 19.1 Å². The normalized spacial score (nSPS) is 17.1. The van der Waals surface area contributed by atoms with Crippen molar-refractivity contribution in [1.29, 1.82) is 0 Å². The van der Waals surface area contributed by atoms with Crippen molar-refractivity contribution >= 4 is 23.1 Å². The molecule has 0 saturated carbocycles. The number of carbonyl (C=O) groups is 2. The molecule has 0 radical (unpaired) electrons. The van der Waals surface area contributed by atoms with Gasteiger partial charge in [0, 0.05) is 5.69 Å². The summed E-state index contributed by atoms with van der Waals surface area (Å²) in [5.41, 5.74) is 2.33. The maximum atomic E-state index is 13.4. The van der Waals surface area contributed by atoms with E-state index in [1.807, 2.05) is 31.2 Å². The molecule has 3 aromatic carbocycles. The lowest BCUT2D eigenvalue weighted by Gasteiger charge is -2.27. The van der Waals surface area contributed by atoms with Crippen LogP contribution in [0.25, 0.3) is 5.76 Å². The Morgan fingerprint density at radius 3 is 2.12 bits per heavy atom. The van der Waals surface area contributed by atoms with E-state index in [-0.39, 0.29) is 16.9 Å². The maximum Gasteiger partial charge on any atom is 0.300 e. The Balaban J connectivity index is 1.98. The van der Waals surface area contributed by atoms with Gasteiger partial charge in [0.15, 0.2) is 0 Å². The monoisotopic (exact) mass is 459 g/mol. The van der Waals surface area contributed by atoms with E-state index in [1.54, 1.807) is 49.6 Å². The molecule has 7 nitrogen and oxygen atoms in total. The molecule has 0 spiro atoms. The summed E-state index contributed by atoms with van der Waals surface area (Å²) in [5, 5.41) is 11.4. The smallest absolute Gasteiger partial charge is 0.300 e. The first-order chi connectivity index (χ1) is 16.4. The Bertz CT molecular complexity index is 1280. The highest BCUT2D eigenvalue weighted by Crippen LogP contribution is 2.44. The van der Waals surface area contributed by atoms with E-state index in [4.69, 9.17) is 14.2 Å². The Kier molecular flexibility index (Phi) is 6.27. The number of ether oxygens (including phenoxy) is 3. The number of rotatable bonds is 6. The summed E-state index contributed by atoms with van der Waals surface area (Å²) in [5.74, 6) is -0.419. The lowest BCUT2D eigenvalue weighted by Crippen LogP contribution is -2.29. The van der Waals surface area contributed by atoms with E-state index in [0.717, 1.165) is 11.1 Å². The second kappa shape index (κ2) is 9.31. The van der Waals surface area contributed by atoms with Gasteiger partial charge >= 0.3 is 0 Å². The highest BCUT2D eigenvalue weighted by Gasteiger charge is 2.47. The van der Waals surface area contributed by atoms with Crippen LogP contribution in [-0.4, -0.2) is 38.1 Å². The minimum atomic E-state index is -0.842. The molecular weight excluding hydrogens is 434 g/mol. The van der Waals surface area contributed by atoms with Crippen LogP contribution >= 0.6 is 0 Å². The predicted octanol–water partition coefficient (Wildman–Crippen LogP) is 4.65. The third-order valence-electron chi connectivity index (χ3n) is 5.94. The van der Waals surface area contributed by atoms with Gasteiger partial charge in [-0.1, -0.05) is 24.3 Å². The van der Waals surface area contributed by atoms with E-state index in [0.29, 0.717) is 22.9 Å². The lowest BCUT2D eigenvalue weighted by atomic mass is 9.92. The highest BCUT2D eigenvalue weighted by molar-refractivity contribution is 6.51. The molecule has 7 heteroatoms. The van der Waals surface area contributed by atoms with E-state index >= 15 is 0 Å². The molecule has 1 unspecified atom stereocenters. The molecule has 4 rings (SSSR count). The molecule has 1 fully saturated rings. The molecule has 1 N–H and O–H groups in total. The van der Waals surface area contributed by atoms with Gasteiger partial charge in [-0.3, -0.25) is 14.5 Å². The number of hydrogen-bond donors (Lipinski definition) is 1. The minimum absolute atomic E-state index is 0.0262. The number of carbonyl (C=O) groups excluding carboxylic acids is 2. The molecule has 1 atom stereocenters. The summed E-state index contributed by atoms with van der Waals surface area (Å²) in [6, 6.07) is 18.4. The summed E-state index contributed by atoms with van der Waals surface area (Å²) in [7, 11) is 4.52. The second-order valence-corrected chi connectivity index (χ2v) is 7.79. The Morgan fingerprint density at radius 1 is 0.853 bits per heavy atom. The molecule has 1 aliphatic heterocycles. The van der Waals surface area contributed by atoms with Crippen LogP contribution in [-0.2, 0) is 9.59 Å². The van der Waals surface area contributed by atoms with Crippen LogP contribution in [0.1, 0.15) is 22.7 Å². The summed E-state index contributed by atoms with van der Waals surface area (Å²) in [6.45, 7) is 1.90. The Morgan fingerprint density at radius 2 is 1.50 bits per heavy atom. The molecule has 1 amide bonds. The van der Waals surface area contributed by atoms with E-state index < -0.39 is 17.7 Å². The fraction of sp³-hybridized carbons (Fsp3) is 0.185. The number of benzene rings is 3. The van der Waals surface area contributed by atoms with Crippen molar-refractivity contribution in [3.05, 3.63) is 89.0 Å². The van der Waals surface area contributed by atoms with Gasteiger partial charge in [0.25, 0.3) is 11.7 Å². The van der Waals surface area contributed by atoms with Gasteiger partial charge in [-0.05, 0) is 60.5 Å². The molecule has 0 aromatic heterocycles. The van der Waals surface area contributed by atoms with Crippen molar-refractivity contribution in [2.45, 2.75) is 13.0 Å². The number of Topliss-reactive ketones (excluding diaryl/α,β-unsaturated/α-hetero) is 1. The first-order valence-corrected chi connectivity index (χ1v) is 10.6. The van der Waals surface area contributed by atoms with Gasteiger partial charge in [-0.15, -0.1) is 0 Å². The number of hydrogen-bond acceptors (Lipinski definition) is 6. The highest BCUT2D eigenvalue weighted by atomic mass is 16.5. The van der Waals surface area contributed by atoms with Gasteiger partial charge in [0.05, 0.1) is 38.5 Å². The zero-order valence-corrected chi connectivity index (χ0v) is 19.4. The predicted molar refractivity (Wildman–Crippen MR) is 129 cm³/mol. The summed E-state index contributed by atoms with van der Waals surface area (Å²) in [4.78, 5) is 28.1. The van der Waals surface area contributed by atoms with Crippen LogP contribution in [0.2, 0.25) is 0 Å². The number of aliphatic hydroxyl groups is 1. The molecule has 0 bridgehead atoms. The van der Waals surface area contributed by atoms with Crippen LogP contribution in [0.5, 0.6) is 17.2 Å². The van der Waals surface area contributed by atoms with Gasteiger partial charge in [-0.25, -0.2) is 0 Å². The summed E-state index contributed by atoms with van der Waals surface area (Å²) < 4.78 is 15.9. The van der Waals surface area contributed by atoms with Crippen molar-refractivity contribution in [1.82, 2.24) is 0 Å². The molecule has 174 valence electrons. The topological polar surface area (TPSA) is 85.3 Å². The first-order valence-electron chi connectivity index (χ1n) is 10.6. The van der Waals surface area contributed by atoms with Gasteiger partial charge < -0.3 is 19.3 Å². The zero-order valence-electron chi connectivity index (χ0n) is 19.4. The minimum Gasteiger partial charge on any atom is -0.507 e. The molecule has 3 aromatic rings. The van der Waals surface area contributed by atoms with Crippen LogP contribution in [0.4, 0.5) is 5.69 Å². The molecule has 1 heterocycles. The molecule has 0 aliphatic carbocycles. The molecule has 1 saturated heterocycles. The van der Waals surface area contributed by atoms with Crippen LogP contribution in [0, 0.1) is 6.92 Å². The maximum absolute atomic E-state index is 13.4. The van der Waals surface area contributed by atoms with Crippen molar-refractivity contribution in [3.63, 3.8) is 0 Å². The third kappa shape index (κ3) is 3.85. The standard InChI is InChI=1S/C27H25NO6/c1-16-7-5-6-8-20(16)24-23(25(29)21-15-19(33-3)13-14-22(21)34-4)26(30)27(31)28(24)17-9-11-18(32-2)12-10-17/h5-15,24,29H,1-4H3/b25-23+. The second-order valence-electron chi connectivity index (χ2n) is 7.79. The number of ketones is 1. The van der Waals surface area contributed by atoms with Crippen LogP contribution < -0.4 is 19.1 Å². The Labute approximate surface area is 197 Å². The number of aryl methyl sites for hydroxylation is 1. The number of anilines is 1. The van der Waals surface area contributed by atoms with Gasteiger partial charge in [0.1, 0.15) is 23.0 Å². The largest absolute Gasteiger partial charge is 0.507 e. The number of nitrogens with zero attached hydrogens (tertiary/aromatic N) is 1. The van der Waals surface area contributed by atoms with Gasteiger partial charge in [-0.2, -0.15) is 0 Å². The number of aliphatic hydroxyl groups excluding tert-OH is 1. The van der Waals surface area contributed by atoms with E-state index in [9.17, 15) is 14.7 Å². The average molecular weight is 459 g/mol.